The van der Waals surface area contributed by atoms with Crippen molar-refractivity contribution in [2.24, 2.45) is 34.5 Å². The van der Waals surface area contributed by atoms with E-state index in [1.165, 1.54) is 0 Å². The number of hydrogen-bond acceptors (Lipinski definition) is 4. The molecule has 4 rings (SSSR count). The number of carbonyl (C=O) groups excluding carboxylic acids is 2. The highest BCUT2D eigenvalue weighted by atomic mass is 16.3. The molecule has 4 nitrogen and oxygen atoms in total. The molecule has 24 heavy (non-hydrogen) atoms. The minimum atomic E-state index is -0.882. The van der Waals surface area contributed by atoms with Crippen LogP contribution in [0.15, 0.2) is 0 Å². The maximum Gasteiger partial charge on any atom is 0.167 e. The topological polar surface area (TPSA) is 74.6 Å². The van der Waals surface area contributed by atoms with Gasteiger partial charge in [0.1, 0.15) is 11.9 Å². The van der Waals surface area contributed by atoms with Crippen LogP contribution in [0.3, 0.4) is 0 Å². The quantitative estimate of drug-likeness (QED) is 0.714. The highest BCUT2D eigenvalue weighted by Crippen LogP contribution is 2.63. The smallest absolute Gasteiger partial charge is 0.167 e. The van der Waals surface area contributed by atoms with Crippen molar-refractivity contribution < 1.29 is 19.8 Å². The van der Waals surface area contributed by atoms with Gasteiger partial charge >= 0.3 is 0 Å². The molecule has 2 N–H and O–H groups in total. The third-order valence-corrected chi connectivity index (χ3v) is 8.33. The summed E-state index contributed by atoms with van der Waals surface area (Å²) in [6, 6.07) is 0. The molecule has 0 bridgehead atoms. The van der Waals surface area contributed by atoms with Crippen LogP contribution in [-0.2, 0) is 9.59 Å². The number of fused-ring (bicyclic) bond motifs is 5. The van der Waals surface area contributed by atoms with E-state index in [4.69, 9.17) is 0 Å². The molecule has 0 radical (unpaired) electrons. The standard InChI is InChI=1S/C20H30O4/c1-19-8-7-12(21)9-11(19)3-4-13-14-5-6-15(22)18(24)20(14,2)10-16(23)17(13)19/h11-15,17,21-22H,3-10H2,1-2H3/t11-,12-,13+,14-,15+,17-,19+,20-/m1/s1. The molecule has 0 saturated heterocycles. The molecule has 0 amide bonds. The molecule has 4 fully saturated rings. The molecule has 134 valence electrons. The Hall–Kier alpha value is -0.740. The van der Waals surface area contributed by atoms with E-state index in [0.717, 1.165) is 38.5 Å². The second kappa shape index (κ2) is 5.38. The van der Waals surface area contributed by atoms with Crippen molar-refractivity contribution in [3.05, 3.63) is 0 Å². The maximum atomic E-state index is 13.2. The molecule has 4 aliphatic carbocycles. The summed E-state index contributed by atoms with van der Waals surface area (Å²) in [7, 11) is 0. The molecule has 0 aromatic heterocycles. The Kier molecular flexibility index (Phi) is 3.74. The molecular formula is C20H30O4. The van der Waals surface area contributed by atoms with Gasteiger partial charge in [-0.15, -0.1) is 0 Å². The van der Waals surface area contributed by atoms with E-state index in [1.54, 1.807) is 0 Å². The number of hydrogen-bond donors (Lipinski definition) is 2. The first-order valence-corrected chi connectivity index (χ1v) is 9.70. The molecule has 8 atom stereocenters. The van der Waals surface area contributed by atoms with Crippen LogP contribution in [0.2, 0.25) is 0 Å². The second-order valence-corrected chi connectivity index (χ2v) is 9.47. The van der Waals surface area contributed by atoms with Crippen molar-refractivity contribution in [1.29, 1.82) is 0 Å². The first-order valence-electron chi connectivity index (χ1n) is 9.70. The lowest BCUT2D eigenvalue weighted by Crippen LogP contribution is -2.61. The predicted octanol–water partition coefficient (Wildman–Crippen LogP) is 2.50. The second-order valence-electron chi connectivity index (χ2n) is 9.47. The van der Waals surface area contributed by atoms with Crippen LogP contribution in [0.1, 0.15) is 65.2 Å². The van der Waals surface area contributed by atoms with Crippen LogP contribution in [0.5, 0.6) is 0 Å². The number of rotatable bonds is 0. The largest absolute Gasteiger partial charge is 0.393 e. The summed E-state index contributed by atoms with van der Waals surface area (Å²) in [5.41, 5.74) is -0.674. The van der Waals surface area contributed by atoms with Crippen molar-refractivity contribution in [2.75, 3.05) is 0 Å². The average Bonchev–Trinajstić information content (AvgIpc) is 2.52. The van der Waals surface area contributed by atoms with Crippen LogP contribution in [-0.4, -0.2) is 34.0 Å². The molecule has 4 aliphatic rings. The number of ketones is 2. The van der Waals surface area contributed by atoms with Gasteiger partial charge < -0.3 is 10.2 Å². The van der Waals surface area contributed by atoms with E-state index in [2.05, 4.69) is 6.92 Å². The van der Waals surface area contributed by atoms with Crippen molar-refractivity contribution in [2.45, 2.75) is 77.4 Å². The zero-order valence-electron chi connectivity index (χ0n) is 14.8. The molecular weight excluding hydrogens is 304 g/mol. The fraction of sp³-hybridized carbons (Fsp3) is 0.900. The van der Waals surface area contributed by atoms with E-state index < -0.39 is 11.5 Å². The van der Waals surface area contributed by atoms with Gasteiger partial charge in [-0.05, 0) is 68.1 Å². The molecule has 0 aliphatic heterocycles. The van der Waals surface area contributed by atoms with Crippen molar-refractivity contribution >= 4 is 11.6 Å². The Bertz CT molecular complexity index is 572. The SMILES string of the molecule is C[C@]12CC[C@@H](O)C[C@H]1CC[C@H]1[C@H]3CC[C@H](O)C(=O)[C@]3(C)CC(=O)[C@@H]12. The summed E-state index contributed by atoms with van der Waals surface area (Å²) in [5, 5.41) is 20.1. The normalized spacial score (nSPS) is 54.7. The first-order chi connectivity index (χ1) is 11.3. The Labute approximate surface area is 144 Å². The number of Topliss-reactive ketones (excluding diaryl/α,β-unsaturated/α-hetero) is 2. The summed E-state index contributed by atoms with van der Waals surface area (Å²) in [6.45, 7) is 4.19. The van der Waals surface area contributed by atoms with Gasteiger partial charge in [-0.25, -0.2) is 0 Å². The fourth-order valence-corrected chi connectivity index (χ4v) is 7.07. The van der Waals surface area contributed by atoms with Crippen LogP contribution < -0.4 is 0 Å². The molecule has 0 aromatic carbocycles. The van der Waals surface area contributed by atoms with Gasteiger partial charge in [-0.2, -0.15) is 0 Å². The molecule has 0 aromatic rings. The number of carbonyl (C=O) groups is 2. The highest BCUT2D eigenvalue weighted by Gasteiger charge is 2.63. The van der Waals surface area contributed by atoms with E-state index >= 15 is 0 Å². The minimum Gasteiger partial charge on any atom is -0.393 e. The summed E-state index contributed by atoms with van der Waals surface area (Å²) < 4.78 is 0. The number of aliphatic hydroxyl groups excluding tert-OH is 2. The lowest BCUT2D eigenvalue weighted by Gasteiger charge is -2.61. The van der Waals surface area contributed by atoms with E-state index in [0.29, 0.717) is 18.8 Å². The molecule has 4 heteroatoms. The van der Waals surface area contributed by atoms with Gasteiger partial charge in [-0.1, -0.05) is 13.8 Å². The van der Waals surface area contributed by atoms with Crippen LogP contribution in [0, 0.1) is 34.5 Å². The summed E-state index contributed by atoms with van der Waals surface area (Å²) in [5.74, 6) is 1.14. The van der Waals surface area contributed by atoms with Crippen molar-refractivity contribution in [3.63, 3.8) is 0 Å². The summed E-state index contributed by atoms with van der Waals surface area (Å²) >= 11 is 0. The maximum absolute atomic E-state index is 13.2. The van der Waals surface area contributed by atoms with E-state index in [-0.39, 0.29) is 40.8 Å². The van der Waals surface area contributed by atoms with E-state index in [9.17, 15) is 19.8 Å². The first kappa shape index (κ1) is 16.7. The summed E-state index contributed by atoms with van der Waals surface area (Å²) in [6.07, 6.45) is 5.22. The Morgan fingerprint density at radius 1 is 1.00 bits per heavy atom. The predicted molar refractivity (Wildman–Crippen MR) is 89.1 cm³/mol. The minimum absolute atomic E-state index is 0.0142. The van der Waals surface area contributed by atoms with Crippen LogP contribution in [0.4, 0.5) is 0 Å². The Morgan fingerprint density at radius 2 is 1.75 bits per heavy atom. The van der Waals surface area contributed by atoms with E-state index in [1.807, 2.05) is 6.92 Å². The molecule has 4 saturated carbocycles. The van der Waals surface area contributed by atoms with Gasteiger partial charge in [0, 0.05) is 17.8 Å². The molecule has 0 heterocycles. The third-order valence-electron chi connectivity index (χ3n) is 8.33. The molecule has 0 unspecified atom stereocenters. The van der Waals surface area contributed by atoms with Gasteiger partial charge in [0.15, 0.2) is 5.78 Å². The summed E-state index contributed by atoms with van der Waals surface area (Å²) in [4.78, 5) is 25.9. The Morgan fingerprint density at radius 3 is 2.50 bits per heavy atom. The zero-order valence-corrected chi connectivity index (χ0v) is 14.8. The molecule has 0 spiro atoms. The zero-order chi connectivity index (χ0) is 17.3. The lowest BCUT2D eigenvalue weighted by atomic mass is 9.42. The highest BCUT2D eigenvalue weighted by molar-refractivity contribution is 5.96. The van der Waals surface area contributed by atoms with Crippen molar-refractivity contribution in [1.82, 2.24) is 0 Å². The number of aliphatic hydroxyl groups is 2. The third kappa shape index (κ3) is 2.11. The van der Waals surface area contributed by atoms with Gasteiger partial charge in [0.05, 0.1) is 6.10 Å². The van der Waals surface area contributed by atoms with Crippen molar-refractivity contribution in [3.8, 4) is 0 Å². The van der Waals surface area contributed by atoms with Gasteiger partial charge in [-0.3, -0.25) is 9.59 Å². The fourth-order valence-electron chi connectivity index (χ4n) is 7.07. The average molecular weight is 334 g/mol. The van der Waals surface area contributed by atoms with Crippen LogP contribution in [0.25, 0.3) is 0 Å². The Balaban J connectivity index is 1.70. The monoisotopic (exact) mass is 334 g/mol. The van der Waals surface area contributed by atoms with Gasteiger partial charge in [0.25, 0.3) is 0 Å². The van der Waals surface area contributed by atoms with Gasteiger partial charge in [0.2, 0.25) is 0 Å². The van der Waals surface area contributed by atoms with Crippen LogP contribution >= 0.6 is 0 Å². The lowest BCUT2D eigenvalue weighted by molar-refractivity contribution is -0.176.